The molecule has 1 saturated heterocycles. The second kappa shape index (κ2) is 4.80. The van der Waals surface area contributed by atoms with Crippen LogP contribution in [0.4, 0.5) is 0 Å². The van der Waals surface area contributed by atoms with Crippen LogP contribution in [-0.4, -0.2) is 23.6 Å². The van der Waals surface area contributed by atoms with Crippen LogP contribution in [0.25, 0.3) is 0 Å². The predicted molar refractivity (Wildman–Crippen MR) is 75.1 cm³/mol. The minimum atomic E-state index is -0.386. The number of rotatable bonds is 3. The molecule has 1 aliphatic rings. The van der Waals surface area contributed by atoms with E-state index in [1.54, 1.807) is 18.2 Å². The van der Waals surface area contributed by atoms with E-state index in [-0.39, 0.29) is 17.3 Å². The third-order valence-electron chi connectivity index (χ3n) is 3.36. The first kappa shape index (κ1) is 14.4. The number of carbonyl (C=O) groups excluding carboxylic acids is 1. The summed E-state index contributed by atoms with van der Waals surface area (Å²) in [5.41, 5.74) is -0.140. The zero-order chi connectivity index (χ0) is 14.3. The molecule has 1 aromatic rings. The molecule has 0 aliphatic carbocycles. The van der Waals surface area contributed by atoms with E-state index in [4.69, 9.17) is 21.1 Å². The summed E-state index contributed by atoms with van der Waals surface area (Å²) in [5, 5.41) is 0.525. The molecule has 0 bridgehead atoms. The van der Waals surface area contributed by atoms with Crippen LogP contribution in [0.5, 0.6) is 5.75 Å². The Morgan fingerprint density at radius 1 is 1.37 bits per heavy atom. The van der Waals surface area contributed by atoms with Gasteiger partial charge in [-0.25, -0.2) is 0 Å². The average Bonchev–Trinajstić information content (AvgIpc) is 2.49. The first-order valence-electron chi connectivity index (χ1n) is 6.35. The Labute approximate surface area is 118 Å². The van der Waals surface area contributed by atoms with Crippen LogP contribution in [0.3, 0.4) is 0 Å². The molecule has 0 saturated carbocycles. The van der Waals surface area contributed by atoms with Crippen LogP contribution in [0, 0.1) is 0 Å². The minimum absolute atomic E-state index is 0.0950. The Balaban J connectivity index is 2.24. The summed E-state index contributed by atoms with van der Waals surface area (Å²) < 4.78 is 12.0. The van der Waals surface area contributed by atoms with Gasteiger partial charge in [-0.3, -0.25) is 4.79 Å². The van der Waals surface area contributed by atoms with Crippen LogP contribution in [0.1, 0.15) is 44.5 Å². The topological polar surface area (TPSA) is 35.5 Å². The van der Waals surface area contributed by atoms with E-state index in [0.717, 1.165) is 12.7 Å². The molecule has 0 aromatic heterocycles. The van der Waals surface area contributed by atoms with Crippen molar-refractivity contribution in [3.05, 3.63) is 28.8 Å². The van der Waals surface area contributed by atoms with E-state index in [9.17, 15) is 4.79 Å². The maximum atomic E-state index is 11.1. The number of carbonyl (C=O) groups is 1. The summed E-state index contributed by atoms with van der Waals surface area (Å²) in [6, 6.07) is 5.06. The number of aldehydes is 1. The Hall–Kier alpha value is -1.06. The number of halogens is 1. The van der Waals surface area contributed by atoms with E-state index >= 15 is 0 Å². The Morgan fingerprint density at radius 2 is 2.05 bits per heavy atom. The van der Waals surface area contributed by atoms with Crippen molar-refractivity contribution < 1.29 is 14.3 Å². The lowest BCUT2D eigenvalue weighted by Crippen LogP contribution is -2.36. The molecule has 104 valence electrons. The quantitative estimate of drug-likeness (QED) is 0.789. The van der Waals surface area contributed by atoms with Crippen molar-refractivity contribution in [1.82, 2.24) is 0 Å². The first-order valence-corrected chi connectivity index (χ1v) is 6.73. The third kappa shape index (κ3) is 3.10. The van der Waals surface area contributed by atoms with Gasteiger partial charge in [0, 0.05) is 11.4 Å². The molecule has 19 heavy (non-hydrogen) atoms. The van der Waals surface area contributed by atoms with Crippen LogP contribution >= 0.6 is 11.6 Å². The first-order chi connectivity index (χ1) is 8.73. The Bertz CT molecular complexity index is 494. The summed E-state index contributed by atoms with van der Waals surface area (Å²) in [7, 11) is 0. The molecule has 1 aromatic carbocycles. The molecular formula is C15H19ClO3. The van der Waals surface area contributed by atoms with Crippen molar-refractivity contribution >= 4 is 17.9 Å². The number of ether oxygens (including phenoxy) is 2. The molecule has 1 fully saturated rings. The molecule has 0 N–H and O–H groups in total. The molecule has 1 unspecified atom stereocenters. The van der Waals surface area contributed by atoms with Gasteiger partial charge in [-0.1, -0.05) is 11.6 Å². The van der Waals surface area contributed by atoms with Gasteiger partial charge in [0.1, 0.15) is 17.5 Å². The van der Waals surface area contributed by atoms with E-state index in [2.05, 4.69) is 0 Å². The SMILES string of the molecule is CC1(C)CC(Oc2ccc(Cl)cc2C=O)C(C)(C)O1. The highest BCUT2D eigenvalue weighted by Crippen LogP contribution is 2.40. The molecule has 3 nitrogen and oxygen atoms in total. The van der Waals surface area contributed by atoms with Crippen molar-refractivity contribution in [2.45, 2.75) is 51.4 Å². The highest BCUT2D eigenvalue weighted by molar-refractivity contribution is 6.30. The fraction of sp³-hybridized carbons (Fsp3) is 0.533. The van der Waals surface area contributed by atoms with E-state index < -0.39 is 0 Å². The molecule has 0 amide bonds. The highest BCUT2D eigenvalue weighted by atomic mass is 35.5. The van der Waals surface area contributed by atoms with Gasteiger partial charge in [0.25, 0.3) is 0 Å². The minimum Gasteiger partial charge on any atom is -0.487 e. The standard InChI is InChI=1S/C15H19ClO3/c1-14(2)8-13(15(3,4)19-14)18-12-6-5-11(16)7-10(12)9-17/h5-7,9,13H,8H2,1-4H3. The van der Waals surface area contributed by atoms with Gasteiger partial charge in [0.15, 0.2) is 6.29 Å². The van der Waals surface area contributed by atoms with Gasteiger partial charge in [-0.05, 0) is 45.9 Å². The van der Waals surface area contributed by atoms with Crippen molar-refractivity contribution in [3.63, 3.8) is 0 Å². The smallest absolute Gasteiger partial charge is 0.153 e. The Kier molecular flexibility index (Phi) is 3.63. The lowest BCUT2D eigenvalue weighted by Gasteiger charge is -2.27. The number of hydrogen-bond donors (Lipinski definition) is 0. The van der Waals surface area contributed by atoms with E-state index in [0.29, 0.717) is 16.3 Å². The van der Waals surface area contributed by atoms with Gasteiger partial charge in [0.05, 0.1) is 11.2 Å². The van der Waals surface area contributed by atoms with Gasteiger partial charge in [-0.15, -0.1) is 0 Å². The Morgan fingerprint density at radius 3 is 2.58 bits per heavy atom. The van der Waals surface area contributed by atoms with E-state index in [1.807, 2.05) is 27.7 Å². The van der Waals surface area contributed by atoms with Gasteiger partial charge in [0.2, 0.25) is 0 Å². The van der Waals surface area contributed by atoms with Crippen LogP contribution in [-0.2, 0) is 4.74 Å². The summed E-state index contributed by atoms with van der Waals surface area (Å²) in [5.74, 6) is 0.554. The molecule has 1 aliphatic heterocycles. The summed E-state index contributed by atoms with van der Waals surface area (Å²) >= 11 is 5.87. The zero-order valence-electron chi connectivity index (χ0n) is 11.7. The normalized spacial score (nSPS) is 24.2. The second-order valence-electron chi connectivity index (χ2n) is 6.08. The van der Waals surface area contributed by atoms with Crippen molar-refractivity contribution in [1.29, 1.82) is 0 Å². The molecule has 1 atom stereocenters. The van der Waals surface area contributed by atoms with E-state index in [1.165, 1.54) is 0 Å². The molecule has 4 heteroatoms. The molecule has 0 radical (unpaired) electrons. The maximum absolute atomic E-state index is 11.1. The lowest BCUT2D eigenvalue weighted by atomic mass is 9.97. The third-order valence-corrected chi connectivity index (χ3v) is 3.59. The van der Waals surface area contributed by atoms with Gasteiger partial charge in [-0.2, -0.15) is 0 Å². The monoisotopic (exact) mass is 282 g/mol. The maximum Gasteiger partial charge on any atom is 0.153 e. The summed E-state index contributed by atoms with van der Waals surface area (Å²) in [4.78, 5) is 11.1. The largest absolute Gasteiger partial charge is 0.487 e. The molecule has 1 heterocycles. The van der Waals surface area contributed by atoms with Crippen molar-refractivity contribution in [2.75, 3.05) is 0 Å². The van der Waals surface area contributed by atoms with Gasteiger partial charge < -0.3 is 9.47 Å². The second-order valence-corrected chi connectivity index (χ2v) is 6.51. The van der Waals surface area contributed by atoms with Crippen LogP contribution in [0.15, 0.2) is 18.2 Å². The average molecular weight is 283 g/mol. The summed E-state index contributed by atoms with van der Waals surface area (Å²) in [6.45, 7) is 8.09. The highest BCUT2D eigenvalue weighted by Gasteiger charge is 2.47. The predicted octanol–water partition coefficient (Wildman–Crippen LogP) is 3.88. The van der Waals surface area contributed by atoms with Crippen molar-refractivity contribution in [2.24, 2.45) is 0 Å². The van der Waals surface area contributed by atoms with Crippen LogP contribution < -0.4 is 4.74 Å². The lowest BCUT2D eigenvalue weighted by molar-refractivity contribution is -0.0846. The van der Waals surface area contributed by atoms with Crippen molar-refractivity contribution in [3.8, 4) is 5.75 Å². The summed E-state index contributed by atoms with van der Waals surface area (Å²) in [6.07, 6.45) is 1.44. The molecular weight excluding hydrogens is 264 g/mol. The number of hydrogen-bond acceptors (Lipinski definition) is 3. The fourth-order valence-electron chi connectivity index (χ4n) is 2.57. The zero-order valence-corrected chi connectivity index (χ0v) is 12.5. The molecule has 0 spiro atoms. The molecule has 2 rings (SSSR count). The van der Waals surface area contributed by atoms with Gasteiger partial charge >= 0.3 is 0 Å². The van der Waals surface area contributed by atoms with Crippen LogP contribution in [0.2, 0.25) is 5.02 Å². The number of benzene rings is 1. The fourth-order valence-corrected chi connectivity index (χ4v) is 2.75.